The molecule has 54 heteroatoms. The van der Waals surface area contributed by atoms with Gasteiger partial charge in [-0.15, -0.1) is 40.8 Å². The van der Waals surface area contributed by atoms with E-state index in [-0.39, 0.29) is 70.9 Å². The van der Waals surface area contributed by atoms with E-state index in [1.807, 2.05) is 110 Å². The number of carbonyl (C=O) groups is 8. The number of ether oxygens (including phenoxy) is 4. The monoisotopic (exact) mass is 2080 g/mol. The number of aryl methyl sites for hydroxylation is 1. The first-order valence-corrected chi connectivity index (χ1v) is 42.6. The van der Waals surface area contributed by atoms with Gasteiger partial charge in [-0.25, -0.2) is 80.2 Å². The first-order chi connectivity index (χ1) is 69.5. The lowest BCUT2D eigenvalue weighted by Gasteiger charge is -2.08. The summed E-state index contributed by atoms with van der Waals surface area (Å²) in [7, 11) is 4.55. The third-order valence-corrected chi connectivity index (χ3v) is 19.7. The maximum absolute atomic E-state index is 13.4. The predicted octanol–water partition coefficient (Wildman–Crippen LogP) is 14.5. The maximum Gasteiger partial charge on any atom is 0.416 e. The van der Waals surface area contributed by atoms with Gasteiger partial charge in [-0.2, -0.15) is 26.3 Å². The van der Waals surface area contributed by atoms with Crippen molar-refractivity contribution in [3.8, 4) is 28.7 Å². The molecule has 0 fully saturated rings. The molecule has 0 amide bonds. The lowest BCUT2D eigenvalue weighted by atomic mass is 10.1. The van der Waals surface area contributed by atoms with Gasteiger partial charge in [0, 0.05) is 10.0 Å². The van der Waals surface area contributed by atoms with Crippen LogP contribution in [0.5, 0.6) is 28.7 Å². The average Bonchev–Trinajstić information content (AvgIpc) is 1.23. The Kier molecular flexibility index (Phi) is 39.0. The summed E-state index contributed by atoms with van der Waals surface area (Å²) in [5, 5.41) is 129. The Bertz CT molecular complexity index is 7080. The third kappa shape index (κ3) is 34.7. The molecule has 0 saturated carbocycles. The molecule has 0 aliphatic carbocycles. The highest BCUT2D eigenvalue weighted by atomic mass is 35.5. The number of nitrogens with zero attached hydrogens (tertiary/aromatic N) is 24. The van der Waals surface area contributed by atoms with Gasteiger partial charge in [0.25, 0.3) is 0 Å². The van der Waals surface area contributed by atoms with E-state index >= 15 is 0 Å². The SMILES string of the molecule is COc1ccc(Cn2cc(C(=O)O)nn2)cc1C.COc1ccc(Cn2cc(C(=O)O)nn2)cc1Cl.COc1ccc(Cn2cc(C(=O)O)nn2)cc1F.O=C(O)c1cn(Cc2ccc(C(F)(F)F)cc2)nn1.O=C(O)c1cn(Cc2ccc(Cl)cc2)nn1.O=C(O)c1cn(Cc2cccc(C(F)(F)F)c2)nn1.O=C(O)c1cn(Cc2cccc(Cl)c2)nn1.O=C(O)c1cn(Cc2cccc(Oc3ccccc3)c2)nn1. The molecule has 44 nitrogen and oxygen atoms in total. The molecule has 0 bridgehead atoms. The predicted molar refractivity (Wildman–Crippen MR) is 496 cm³/mol. The lowest BCUT2D eigenvalue weighted by molar-refractivity contribution is -0.138. The Balaban J connectivity index is 0.000000171. The molecule has 9 aromatic carbocycles. The van der Waals surface area contributed by atoms with Crippen molar-refractivity contribution >= 4 is 82.6 Å². The van der Waals surface area contributed by atoms with E-state index in [1.165, 1.54) is 131 Å². The molecular weight excluding hydrogens is 2000 g/mol. The van der Waals surface area contributed by atoms with Crippen molar-refractivity contribution in [3.05, 3.63) is 383 Å². The number of para-hydroxylation sites is 1. The van der Waals surface area contributed by atoms with Gasteiger partial charge in [0.2, 0.25) is 0 Å². The van der Waals surface area contributed by atoms with E-state index in [1.54, 1.807) is 49.6 Å². The lowest BCUT2D eigenvalue weighted by Crippen LogP contribution is -2.07. The molecule has 0 saturated heterocycles. The second-order valence-electron chi connectivity index (χ2n) is 29.8. The molecule has 8 aromatic heterocycles. The molecule has 756 valence electrons. The Labute approximate surface area is 832 Å². The van der Waals surface area contributed by atoms with Crippen molar-refractivity contribution in [1.82, 2.24) is 120 Å². The van der Waals surface area contributed by atoms with Crippen LogP contribution in [0.25, 0.3) is 0 Å². The molecule has 8 N–H and O–H groups in total. The van der Waals surface area contributed by atoms with Gasteiger partial charge in [0.05, 0.1) is 139 Å². The summed E-state index contributed by atoms with van der Waals surface area (Å²) in [6.07, 6.45) is 1.79. The van der Waals surface area contributed by atoms with Crippen LogP contribution in [0, 0.1) is 12.7 Å². The van der Waals surface area contributed by atoms with Gasteiger partial charge in [-0.05, 0) is 160 Å². The number of aromatic carboxylic acids is 8. The molecular formula is C92H78Cl3F7N24O20. The molecule has 17 aromatic rings. The molecule has 0 atom stereocenters. The summed E-state index contributed by atoms with van der Waals surface area (Å²) in [6, 6.07) is 56.4. The largest absolute Gasteiger partial charge is 0.496 e. The topological polar surface area (TPSA) is 581 Å². The minimum Gasteiger partial charge on any atom is -0.496 e. The molecule has 8 heterocycles. The molecule has 0 aliphatic rings. The summed E-state index contributed by atoms with van der Waals surface area (Å²) in [6.45, 7) is 4.57. The van der Waals surface area contributed by atoms with E-state index in [4.69, 9.17) is 94.6 Å². The van der Waals surface area contributed by atoms with Gasteiger partial charge in [0.1, 0.15) is 23.0 Å². The molecule has 0 aliphatic heterocycles. The van der Waals surface area contributed by atoms with Crippen molar-refractivity contribution < 1.29 is 129 Å². The number of carboxylic acid groups (broad SMARTS) is 8. The number of carboxylic acids is 8. The second kappa shape index (κ2) is 52.1. The van der Waals surface area contributed by atoms with Crippen molar-refractivity contribution in [2.45, 2.75) is 71.6 Å². The molecule has 17 rings (SSSR count). The van der Waals surface area contributed by atoms with E-state index in [2.05, 4.69) is 82.5 Å². The number of rotatable bonds is 29. The fourth-order valence-corrected chi connectivity index (χ4v) is 12.8. The zero-order valence-corrected chi connectivity index (χ0v) is 78.2. The minimum atomic E-state index is -4.41. The molecule has 0 unspecified atom stereocenters. The van der Waals surface area contributed by atoms with E-state index in [0.29, 0.717) is 76.0 Å². The zero-order chi connectivity index (χ0) is 106. The number of halogens is 10. The van der Waals surface area contributed by atoms with Crippen LogP contribution < -0.4 is 18.9 Å². The Morgan fingerprint density at radius 1 is 0.281 bits per heavy atom. The zero-order valence-electron chi connectivity index (χ0n) is 75.9. The third-order valence-electron chi connectivity index (χ3n) is 18.9. The highest BCUT2D eigenvalue weighted by Gasteiger charge is 2.32. The van der Waals surface area contributed by atoms with Crippen LogP contribution in [-0.2, 0) is 64.7 Å². The highest BCUT2D eigenvalue weighted by molar-refractivity contribution is 6.32. The van der Waals surface area contributed by atoms with Gasteiger partial charge < -0.3 is 59.8 Å². The van der Waals surface area contributed by atoms with Crippen molar-refractivity contribution in [1.29, 1.82) is 0 Å². The number of hydrogen-bond acceptors (Lipinski definition) is 28. The Morgan fingerprint density at radius 3 is 0.877 bits per heavy atom. The van der Waals surface area contributed by atoms with Crippen LogP contribution >= 0.6 is 34.8 Å². The Hall–Kier alpha value is -18.6. The fourth-order valence-electron chi connectivity index (χ4n) is 12.1. The van der Waals surface area contributed by atoms with Gasteiger partial charge in [0.15, 0.2) is 57.1 Å². The second-order valence-corrected chi connectivity index (χ2v) is 31.1. The van der Waals surface area contributed by atoms with Crippen LogP contribution in [0.4, 0.5) is 30.7 Å². The average molecular weight is 2080 g/mol. The maximum atomic E-state index is 13.4. The standard InChI is InChI=1S/C16H13N3O3.C12H13N3O3.C11H10ClN3O3.2C11H8F3N3O2.C11H10FN3O3.2C10H8ClN3O2/c20-16(21)15-11-19(18-17-15)10-12-5-4-8-14(9-12)22-13-6-2-1-3-7-13;1-8-5-9(3-4-11(8)18-2)6-15-7-10(12(16)17)13-14-15;1-18-10-3-2-7(4-8(10)12)5-15-6-9(11(16)17)13-14-15;12-11(13,14)8-3-1-7(2-4-8)5-17-6-9(10(18)19)15-16-17;12-11(13,14)8-3-1-2-7(4-8)5-17-6-9(10(18)19)15-16-17;1-18-10-3-2-7(4-8(10)12)5-15-6-9(11(16)17)13-14-15;11-8-3-1-7(2-4-8)5-14-6-9(10(15)16)12-13-14;11-8-3-1-2-7(4-8)5-14-6-9(10(15)16)12-13-14/h1-9,11H,10H2,(H,20,21);3-5,7H,6H2,1-2H3,(H,16,17);2-4,6H,5H2,1H3,(H,16,17);2*1-4,6H,5H2,(H,18,19);2-4,6H,5H2,1H3,(H,16,17);2*1-4,6H,5H2,(H,15,16). The minimum absolute atomic E-state index is 0.0181. The van der Waals surface area contributed by atoms with Gasteiger partial charge >= 0.3 is 60.1 Å². The molecule has 146 heavy (non-hydrogen) atoms. The van der Waals surface area contributed by atoms with E-state index in [9.17, 15) is 69.1 Å². The summed E-state index contributed by atoms with van der Waals surface area (Å²) in [5.74, 6) is -6.48. The number of methoxy groups -OCH3 is 3. The van der Waals surface area contributed by atoms with Crippen LogP contribution in [0.1, 0.15) is 145 Å². The van der Waals surface area contributed by atoms with Gasteiger partial charge in [-0.3, -0.25) is 0 Å². The number of alkyl halides is 6. The number of benzene rings is 9. The normalized spacial score (nSPS) is 10.6. The van der Waals surface area contributed by atoms with Crippen molar-refractivity contribution in [3.63, 3.8) is 0 Å². The van der Waals surface area contributed by atoms with Crippen molar-refractivity contribution in [2.24, 2.45) is 0 Å². The van der Waals surface area contributed by atoms with E-state index < -0.39 is 77.1 Å². The van der Waals surface area contributed by atoms with Crippen LogP contribution in [0.3, 0.4) is 0 Å². The first kappa shape index (κ1) is 109. The summed E-state index contributed by atoms with van der Waals surface area (Å²) >= 11 is 17.6. The number of hydrogen-bond donors (Lipinski definition) is 8. The smallest absolute Gasteiger partial charge is 0.416 e. The molecule has 0 radical (unpaired) electrons. The van der Waals surface area contributed by atoms with Gasteiger partial charge in [-0.1, -0.05) is 180 Å². The first-order valence-electron chi connectivity index (χ1n) is 41.5. The highest BCUT2D eigenvalue weighted by Crippen LogP contribution is 2.32. The van der Waals surface area contributed by atoms with Crippen LogP contribution in [0.15, 0.2) is 256 Å². The van der Waals surface area contributed by atoms with Crippen LogP contribution in [0.2, 0.25) is 15.1 Å². The van der Waals surface area contributed by atoms with Crippen molar-refractivity contribution in [2.75, 3.05) is 21.3 Å². The quantitative estimate of drug-likeness (QED) is 0.0202. The van der Waals surface area contributed by atoms with Crippen LogP contribution in [-0.4, -0.2) is 230 Å². The van der Waals surface area contributed by atoms with E-state index in [0.717, 1.165) is 75.3 Å². The number of aromatic nitrogens is 24. The molecule has 0 spiro atoms. The summed E-state index contributed by atoms with van der Waals surface area (Å²) in [5.41, 5.74) is 4.86. The summed E-state index contributed by atoms with van der Waals surface area (Å²) in [4.78, 5) is 85.1. The fraction of sp³-hybridized carbons (Fsp3) is 0.152. The Morgan fingerprint density at radius 2 is 0.562 bits per heavy atom. The summed E-state index contributed by atoms with van der Waals surface area (Å²) < 4.78 is 120.